The van der Waals surface area contributed by atoms with Gasteiger partial charge in [0.25, 0.3) is 0 Å². The van der Waals surface area contributed by atoms with E-state index in [0.29, 0.717) is 5.82 Å². The first-order valence-corrected chi connectivity index (χ1v) is 6.15. The molecule has 0 aromatic carbocycles. The molecule has 0 bridgehead atoms. The second-order valence-electron chi connectivity index (χ2n) is 4.79. The van der Waals surface area contributed by atoms with E-state index < -0.39 is 18.3 Å². The predicted molar refractivity (Wildman–Crippen MR) is 59.2 cm³/mol. The van der Waals surface area contributed by atoms with E-state index in [4.69, 9.17) is 10.3 Å². The van der Waals surface area contributed by atoms with E-state index in [-0.39, 0.29) is 18.9 Å². The number of nitrogens with two attached hydrogens (primary N) is 1. The summed E-state index contributed by atoms with van der Waals surface area (Å²) in [4.78, 5) is 4.13. The zero-order chi connectivity index (χ0) is 13.9. The second kappa shape index (κ2) is 5.46. The van der Waals surface area contributed by atoms with Crippen LogP contribution in [0.2, 0.25) is 0 Å². The summed E-state index contributed by atoms with van der Waals surface area (Å²) < 4.78 is 45.0. The minimum absolute atomic E-state index is 0.112. The molecule has 0 atom stereocenters. The van der Waals surface area contributed by atoms with Gasteiger partial charge in [0.1, 0.15) is 6.61 Å². The van der Waals surface area contributed by atoms with E-state index in [1.807, 2.05) is 0 Å². The molecule has 1 aromatic rings. The number of ether oxygens (including phenoxy) is 1. The van der Waals surface area contributed by atoms with Gasteiger partial charge in [-0.1, -0.05) is 18.0 Å². The van der Waals surface area contributed by atoms with Crippen LogP contribution in [-0.4, -0.2) is 29.5 Å². The number of halogens is 3. The summed E-state index contributed by atoms with van der Waals surface area (Å²) in [7, 11) is 0. The molecule has 5 nitrogen and oxygen atoms in total. The number of hydrogen-bond acceptors (Lipinski definition) is 5. The zero-order valence-corrected chi connectivity index (χ0v) is 10.4. The Labute approximate surface area is 108 Å². The minimum atomic E-state index is -4.31. The van der Waals surface area contributed by atoms with Crippen LogP contribution in [0.1, 0.15) is 37.4 Å². The maximum absolute atomic E-state index is 11.8. The van der Waals surface area contributed by atoms with E-state index in [1.165, 1.54) is 0 Å². The largest absolute Gasteiger partial charge is 0.411 e. The highest BCUT2D eigenvalue weighted by Crippen LogP contribution is 2.34. The van der Waals surface area contributed by atoms with Crippen molar-refractivity contribution in [2.75, 3.05) is 13.2 Å². The zero-order valence-electron chi connectivity index (χ0n) is 10.4. The fourth-order valence-electron chi connectivity index (χ4n) is 2.14. The summed E-state index contributed by atoms with van der Waals surface area (Å²) in [6, 6.07) is 0. The number of nitrogens with zero attached hydrogens (tertiary/aromatic N) is 2. The van der Waals surface area contributed by atoms with Gasteiger partial charge in [0, 0.05) is 0 Å². The van der Waals surface area contributed by atoms with Crippen molar-refractivity contribution in [1.29, 1.82) is 0 Å². The Morgan fingerprint density at radius 1 is 1.32 bits per heavy atom. The molecular weight excluding hydrogens is 263 g/mol. The fourth-order valence-corrected chi connectivity index (χ4v) is 2.14. The molecule has 1 aliphatic carbocycles. The molecule has 0 spiro atoms. The number of rotatable bonds is 5. The summed E-state index contributed by atoms with van der Waals surface area (Å²) in [5, 5.41) is 3.81. The molecule has 0 saturated heterocycles. The van der Waals surface area contributed by atoms with Crippen LogP contribution < -0.4 is 5.73 Å². The Morgan fingerprint density at radius 3 is 2.63 bits per heavy atom. The van der Waals surface area contributed by atoms with Crippen molar-refractivity contribution in [1.82, 2.24) is 10.1 Å². The van der Waals surface area contributed by atoms with Gasteiger partial charge < -0.3 is 15.0 Å². The molecular formula is C11H16F3N3O2. The van der Waals surface area contributed by atoms with Crippen LogP contribution in [0.25, 0.3) is 0 Å². The molecule has 2 N–H and O–H groups in total. The molecule has 0 radical (unpaired) electrons. The van der Waals surface area contributed by atoms with E-state index in [2.05, 4.69) is 14.9 Å². The van der Waals surface area contributed by atoms with Crippen LogP contribution >= 0.6 is 0 Å². The Hall–Kier alpha value is -1.15. The van der Waals surface area contributed by atoms with Gasteiger partial charge in [0.05, 0.1) is 18.6 Å². The van der Waals surface area contributed by atoms with Crippen molar-refractivity contribution in [3.8, 4) is 0 Å². The molecule has 1 heterocycles. The first kappa shape index (κ1) is 14.3. The minimum Gasteiger partial charge on any atom is -0.372 e. The monoisotopic (exact) mass is 279 g/mol. The molecule has 19 heavy (non-hydrogen) atoms. The van der Waals surface area contributed by atoms with Gasteiger partial charge in [-0.25, -0.2) is 0 Å². The van der Waals surface area contributed by atoms with Gasteiger partial charge in [0.15, 0.2) is 5.82 Å². The van der Waals surface area contributed by atoms with E-state index in [9.17, 15) is 13.2 Å². The number of alkyl halides is 3. The van der Waals surface area contributed by atoms with Crippen molar-refractivity contribution < 1.29 is 22.4 Å². The van der Waals surface area contributed by atoms with Crippen LogP contribution in [0.3, 0.4) is 0 Å². The van der Waals surface area contributed by atoms with Gasteiger partial charge in [0.2, 0.25) is 5.89 Å². The lowest BCUT2D eigenvalue weighted by atomic mass is 9.99. The quantitative estimate of drug-likeness (QED) is 0.833. The molecule has 2 rings (SSSR count). The highest BCUT2D eigenvalue weighted by Gasteiger charge is 2.35. The van der Waals surface area contributed by atoms with Crippen molar-refractivity contribution in [3.05, 3.63) is 11.7 Å². The van der Waals surface area contributed by atoms with Crippen LogP contribution in [0.15, 0.2) is 4.52 Å². The molecule has 8 heteroatoms. The molecule has 108 valence electrons. The third kappa shape index (κ3) is 3.90. The summed E-state index contributed by atoms with van der Waals surface area (Å²) in [5.41, 5.74) is 5.59. The lowest BCUT2D eigenvalue weighted by Gasteiger charge is -2.17. The Bertz CT molecular complexity index is 414. The lowest BCUT2D eigenvalue weighted by Crippen LogP contribution is -2.34. The molecule has 1 fully saturated rings. The first-order chi connectivity index (χ1) is 8.89. The van der Waals surface area contributed by atoms with Crippen molar-refractivity contribution in [2.45, 2.75) is 43.8 Å². The van der Waals surface area contributed by atoms with Gasteiger partial charge in [-0.05, 0) is 12.8 Å². The fraction of sp³-hybridized carbons (Fsp3) is 0.818. The van der Waals surface area contributed by atoms with Crippen LogP contribution in [-0.2, 0) is 16.7 Å². The maximum atomic E-state index is 11.8. The Morgan fingerprint density at radius 2 is 2.00 bits per heavy atom. The average molecular weight is 279 g/mol. The van der Waals surface area contributed by atoms with Gasteiger partial charge in [-0.2, -0.15) is 18.2 Å². The van der Waals surface area contributed by atoms with Crippen molar-refractivity contribution in [2.24, 2.45) is 5.73 Å². The molecule has 1 aromatic heterocycles. The summed E-state index contributed by atoms with van der Waals surface area (Å²) in [5.74, 6) is 0.699. The highest BCUT2D eigenvalue weighted by atomic mass is 19.4. The Kier molecular flexibility index (Phi) is 4.10. The second-order valence-corrected chi connectivity index (χ2v) is 4.79. The molecule has 0 amide bonds. The molecule has 0 unspecified atom stereocenters. The van der Waals surface area contributed by atoms with Crippen LogP contribution in [0.5, 0.6) is 0 Å². The Balaban J connectivity index is 1.81. The summed E-state index contributed by atoms with van der Waals surface area (Å²) >= 11 is 0. The molecule has 0 aliphatic heterocycles. The van der Waals surface area contributed by atoms with Crippen LogP contribution in [0, 0.1) is 0 Å². The van der Waals surface area contributed by atoms with Crippen molar-refractivity contribution >= 4 is 0 Å². The predicted octanol–water partition coefficient (Wildman–Crippen LogP) is 1.92. The third-order valence-electron chi connectivity index (χ3n) is 3.14. The standard InChI is InChI=1S/C11H16F3N3O2/c12-11(13,14)7-18-6-3-8-16-9(17-19-8)10(15)4-1-2-5-10/h1-7,15H2. The van der Waals surface area contributed by atoms with Gasteiger partial charge in [-0.3, -0.25) is 0 Å². The average Bonchev–Trinajstić information content (AvgIpc) is 2.93. The normalized spacial score (nSPS) is 18.9. The first-order valence-electron chi connectivity index (χ1n) is 6.15. The van der Waals surface area contributed by atoms with Crippen molar-refractivity contribution in [3.63, 3.8) is 0 Å². The molecule has 1 saturated carbocycles. The smallest absolute Gasteiger partial charge is 0.372 e. The highest BCUT2D eigenvalue weighted by molar-refractivity contribution is 5.06. The summed E-state index contributed by atoms with van der Waals surface area (Å²) in [6.45, 7) is -1.38. The van der Waals surface area contributed by atoms with E-state index in [1.54, 1.807) is 0 Å². The van der Waals surface area contributed by atoms with Crippen LogP contribution in [0.4, 0.5) is 13.2 Å². The topological polar surface area (TPSA) is 74.2 Å². The number of hydrogen-bond donors (Lipinski definition) is 1. The maximum Gasteiger partial charge on any atom is 0.411 e. The third-order valence-corrected chi connectivity index (χ3v) is 3.14. The molecule has 1 aliphatic rings. The van der Waals surface area contributed by atoms with E-state index in [0.717, 1.165) is 25.7 Å². The SMILES string of the molecule is NC1(c2noc(CCOCC(F)(F)F)n2)CCCC1. The lowest BCUT2D eigenvalue weighted by molar-refractivity contribution is -0.173. The van der Waals surface area contributed by atoms with Gasteiger partial charge in [-0.15, -0.1) is 0 Å². The summed E-state index contributed by atoms with van der Waals surface area (Å²) in [6.07, 6.45) is -0.512. The number of aromatic nitrogens is 2. The van der Waals surface area contributed by atoms with Gasteiger partial charge >= 0.3 is 6.18 Å². The van der Waals surface area contributed by atoms with E-state index >= 15 is 0 Å².